The number of nitrogens with zero attached hydrogens (tertiary/aromatic N) is 3. The number of furan rings is 1. The molecular formula is C14H15N3O. The van der Waals surface area contributed by atoms with Crippen molar-refractivity contribution in [1.29, 1.82) is 5.26 Å². The molecule has 0 radical (unpaired) electrons. The summed E-state index contributed by atoms with van der Waals surface area (Å²) in [7, 11) is 2.01. The largest absolute Gasteiger partial charge is 0.449 e. The number of rotatable bonds is 4. The molecule has 0 aliphatic carbocycles. The second-order valence-electron chi connectivity index (χ2n) is 4.22. The molecule has 18 heavy (non-hydrogen) atoms. The number of nitriles is 1. The molecule has 2 aromatic heterocycles. The molecule has 0 saturated carbocycles. The van der Waals surface area contributed by atoms with Gasteiger partial charge in [-0.15, -0.1) is 0 Å². The molecule has 2 aromatic rings. The highest BCUT2D eigenvalue weighted by Gasteiger charge is 2.14. The lowest BCUT2D eigenvalue weighted by Gasteiger charge is -2.22. The van der Waals surface area contributed by atoms with Gasteiger partial charge in [-0.05, 0) is 38.2 Å². The van der Waals surface area contributed by atoms with Crippen LogP contribution >= 0.6 is 0 Å². The first kappa shape index (κ1) is 12.3. The first-order valence-corrected chi connectivity index (χ1v) is 5.80. The second-order valence-corrected chi connectivity index (χ2v) is 4.22. The smallest absolute Gasteiger partial charge is 0.203 e. The van der Waals surface area contributed by atoms with Crippen LogP contribution in [0, 0.1) is 11.3 Å². The minimum atomic E-state index is 0.196. The van der Waals surface area contributed by atoms with Crippen LogP contribution in [0.4, 0.5) is 0 Å². The van der Waals surface area contributed by atoms with Gasteiger partial charge in [-0.1, -0.05) is 6.07 Å². The summed E-state index contributed by atoms with van der Waals surface area (Å²) < 4.78 is 5.37. The normalized spacial score (nSPS) is 12.3. The Morgan fingerprint density at radius 2 is 2.22 bits per heavy atom. The zero-order chi connectivity index (χ0) is 13.0. The predicted molar refractivity (Wildman–Crippen MR) is 67.5 cm³/mol. The van der Waals surface area contributed by atoms with Crippen LogP contribution in [0.3, 0.4) is 0 Å². The highest BCUT2D eigenvalue weighted by atomic mass is 16.3. The summed E-state index contributed by atoms with van der Waals surface area (Å²) >= 11 is 0. The van der Waals surface area contributed by atoms with Gasteiger partial charge in [0.25, 0.3) is 0 Å². The highest BCUT2D eigenvalue weighted by Crippen LogP contribution is 2.19. The molecule has 0 saturated heterocycles. The van der Waals surface area contributed by atoms with Crippen molar-refractivity contribution in [2.24, 2.45) is 0 Å². The van der Waals surface area contributed by atoms with Crippen LogP contribution < -0.4 is 0 Å². The molecule has 0 aromatic carbocycles. The minimum Gasteiger partial charge on any atom is -0.449 e. The van der Waals surface area contributed by atoms with Crippen LogP contribution in [0.25, 0.3) is 0 Å². The topological polar surface area (TPSA) is 53.1 Å². The number of pyridine rings is 1. The third-order valence-corrected chi connectivity index (χ3v) is 2.95. The first-order chi connectivity index (χ1) is 8.70. The lowest BCUT2D eigenvalue weighted by Crippen LogP contribution is -2.22. The number of hydrogen-bond acceptors (Lipinski definition) is 4. The fourth-order valence-corrected chi connectivity index (χ4v) is 1.75. The van der Waals surface area contributed by atoms with Crippen molar-refractivity contribution < 1.29 is 4.42 Å². The molecule has 1 unspecified atom stereocenters. The maximum Gasteiger partial charge on any atom is 0.203 e. The van der Waals surface area contributed by atoms with Crippen molar-refractivity contribution in [3.8, 4) is 6.07 Å². The molecule has 0 N–H and O–H groups in total. The molecule has 0 fully saturated rings. The van der Waals surface area contributed by atoms with Crippen LogP contribution in [0.2, 0.25) is 0 Å². The van der Waals surface area contributed by atoms with E-state index in [0.29, 0.717) is 12.3 Å². The fourth-order valence-electron chi connectivity index (χ4n) is 1.75. The van der Waals surface area contributed by atoms with E-state index >= 15 is 0 Å². The van der Waals surface area contributed by atoms with Crippen LogP contribution in [0.1, 0.15) is 30.2 Å². The summed E-state index contributed by atoms with van der Waals surface area (Å²) in [6, 6.07) is 11.6. The standard InChI is InChI=1S/C14H15N3O/c1-11(14-5-3-4-8-16-14)17(2)10-13-7-6-12(9-15)18-13/h3-8,11H,10H2,1-2H3. The van der Waals surface area contributed by atoms with E-state index < -0.39 is 0 Å². The van der Waals surface area contributed by atoms with Crippen LogP contribution in [-0.2, 0) is 6.54 Å². The Kier molecular flexibility index (Phi) is 3.75. The Balaban J connectivity index is 2.04. The SMILES string of the molecule is CC(c1ccccn1)N(C)Cc1ccc(C#N)o1. The third-order valence-electron chi connectivity index (χ3n) is 2.95. The molecular weight excluding hydrogens is 226 g/mol. The fraction of sp³-hybridized carbons (Fsp3) is 0.286. The summed E-state index contributed by atoms with van der Waals surface area (Å²) in [5.74, 6) is 1.14. The third kappa shape index (κ3) is 2.76. The predicted octanol–water partition coefficient (Wildman–Crippen LogP) is 2.74. The Labute approximate surface area is 106 Å². The van der Waals surface area contributed by atoms with Gasteiger partial charge in [0.2, 0.25) is 5.76 Å². The first-order valence-electron chi connectivity index (χ1n) is 5.80. The van der Waals surface area contributed by atoms with Crippen molar-refractivity contribution in [2.45, 2.75) is 19.5 Å². The zero-order valence-corrected chi connectivity index (χ0v) is 10.5. The average Bonchev–Trinajstić information content (AvgIpc) is 2.86. The van der Waals surface area contributed by atoms with Crippen molar-refractivity contribution in [1.82, 2.24) is 9.88 Å². The van der Waals surface area contributed by atoms with E-state index in [9.17, 15) is 0 Å². The molecule has 0 amide bonds. The van der Waals surface area contributed by atoms with Gasteiger partial charge in [0.05, 0.1) is 12.2 Å². The summed E-state index contributed by atoms with van der Waals surface area (Å²) in [6.45, 7) is 2.75. The Bertz CT molecular complexity index is 542. The Morgan fingerprint density at radius 3 is 2.83 bits per heavy atom. The molecule has 2 heterocycles. The molecule has 4 heteroatoms. The van der Waals surface area contributed by atoms with Crippen molar-refractivity contribution in [3.05, 3.63) is 53.7 Å². The lowest BCUT2D eigenvalue weighted by molar-refractivity contribution is 0.228. The van der Waals surface area contributed by atoms with Gasteiger partial charge in [0.15, 0.2) is 0 Å². The van der Waals surface area contributed by atoms with Gasteiger partial charge in [-0.2, -0.15) is 5.26 Å². The molecule has 0 bridgehead atoms. The molecule has 92 valence electrons. The van der Waals surface area contributed by atoms with E-state index in [2.05, 4.69) is 16.8 Å². The van der Waals surface area contributed by atoms with Crippen molar-refractivity contribution in [2.75, 3.05) is 7.05 Å². The van der Waals surface area contributed by atoms with Crippen LogP contribution in [0.5, 0.6) is 0 Å². The molecule has 4 nitrogen and oxygen atoms in total. The summed E-state index contributed by atoms with van der Waals surface area (Å²) in [5, 5.41) is 8.70. The Morgan fingerprint density at radius 1 is 1.39 bits per heavy atom. The van der Waals surface area contributed by atoms with Gasteiger partial charge < -0.3 is 4.42 Å². The van der Waals surface area contributed by atoms with E-state index in [1.54, 1.807) is 12.3 Å². The molecule has 1 atom stereocenters. The molecule has 0 spiro atoms. The minimum absolute atomic E-state index is 0.196. The maximum atomic E-state index is 8.70. The van der Waals surface area contributed by atoms with E-state index in [-0.39, 0.29) is 6.04 Å². The van der Waals surface area contributed by atoms with Gasteiger partial charge in [-0.3, -0.25) is 9.88 Å². The quantitative estimate of drug-likeness (QED) is 0.825. The highest BCUT2D eigenvalue weighted by molar-refractivity contribution is 5.19. The zero-order valence-electron chi connectivity index (χ0n) is 10.5. The summed E-state index contributed by atoms with van der Waals surface area (Å²) in [4.78, 5) is 6.47. The van der Waals surface area contributed by atoms with Crippen molar-refractivity contribution in [3.63, 3.8) is 0 Å². The van der Waals surface area contributed by atoms with E-state index in [1.807, 2.05) is 37.4 Å². The van der Waals surface area contributed by atoms with Gasteiger partial charge in [0, 0.05) is 12.2 Å². The lowest BCUT2D eigenvalue weighted by atomic mass is 10.2. The van der Waals surface area contributed by atoms with Crippen LogP contribution in [-0.4, -0.2) is 16.9 Å². The number of hydrogen-bond donors (Lipinski definition) is 0. The molecule has 2 rings (SSSR count). The summed E-state index contributed by atoms with van der Waals surface area (Å²) in [6.07, 6.45) is 1.79. The Hall–Kier alpha value is -2.12. The van der Waals surface area contributed by atoms with Crippen LogP contribution in [0.15, 0.2) is 40.9 Å². The van der Waals surface area contributed by atoms with E-state index in [0.717, 1.165) is 11.5 Å². The van der Waals surface area contributed by atoms with Gasteiger partial charge in [-0.25, -0.2) is 0 Å². The van der Waals surface area contributed by atoms with Gasteiger partial charge >= 0.3 is 0 Å². The maximum absolute atomic E-state index is 8.70. The van der Waals surface area contributed by atoms with E-state index in [4.69, 9.17) is 9.68 Å². The molecule has 0 aliphatic heterocycles. The monoisotopic (exact) mass is 241 g/mol. The van der Waals surface area contributed by atoms with E-state index in [1.165, 1.54) is 0 Å². The summed E-state index contributed by atoms with van der Waals surface area (Å²) in [5.41, 5.74) is 1.02. The molecule has 0 aliphatic rings. The average molecular weight is 241 g/mol. The number of aromatic nitrogens is 1. The van der Waals surface area contributed by atoms with Gasteiger partial charge in [0.1, 0.15) is 11.8 Å². The van der Waals surface area contributed by atoms with Crippen molar-refractivity contribution >= 4 is 0 Å². The second kappa shape index (κ2) is 5.48.